The molecule has 0 radical (unpaired) electrons. The van der Waals surface area contributed by atoms with Gasteiger partial charge in [-0.2, -0.15) is 0 Å². The van der Waals surface area contributed by atoms with Crippen molar-refractivity contribution in [1.82, 2.24) is 4.98 Å². The topological polar surface area (TPSA) is 65.5 Å². The zero-order valence-electron chi connectivity index (χ0n) is 15.4. The van der Waals surface area contributed by atoms with Gasteiger partial charge in [0.25, 0.3) is 0 Å². The zero-order chi connectivity index (χ0) is 19.7. The third-order valence-electron chi connectivity index (χ3n) is 4.50. The Morgan fingerprint density at radius 3 is 2.61 bits per heavy atom. The summed E-state index contributed by atoms with van der Waals surface area (Å²) in [7, 11) is 0. The van der Waals surface area contributed by atoms with Crippen LogP contribution in [0.5, 0.6) is 11.5 Å². The number of nitrogens with zero attached hydrogens (tertiary/aromatic N) is 1. The van der Waals surface area contributed by atoms with Gasteiger partial charge in [0.1, 0.15) is 11.5 Å². The van der Waals surface area contributed by atoms with E-state index in [1.54, 1.807) is 67.9 Å². The van der Waals surface area contributed by atoms with Crippen LogP contribution in [0.4, 0.5) is 0 Å². The van der Waals surface area contributed by atoms with Crippen LogP contribution in [0, 0.1) is 13.8 Å². The maximum atomic E-state index is 12.6. The van der Waals surface area contributed by atoms with Crippen LogP contribution in [0.3, 0.4) is 0 Å². The maximum Gasteiger partial charge on any atom is 0.343 e. The van der Waals surface area contributed by atoms with Crippen molar-refractivity contribution < 1.29 is 19.1 Å². The van der Waals surface area contributed by atoms with E-state index < -0.39 is 5.97 Å². The molecule has 1 aromatic heterocycles. The summed E-state index contributed by atoms with van der Waals surface area (Å²) in [6.45, 7) is 3.67. The molecule has 0 amide bonds. The van der Waals surface area contributed by atoms with Crippen molar-refractivity contribution >= 4 is 17.8 Å². The van der Waals surface area contributed by atoms with E-state index in [1.807, 2.05) is 13.0 Å². The standard InChI is InChI=1S/C23H17NO4/c1-14-4-3-5-17(12-14)23(26)28-19-7-6-18-21(25)20(27-22(18)15(19)2)13-16-8-10-24-11-9-16/h3-13H,1-2H3/b20-13-. The van der Waals surface area contributed by atoms with Gasteiger partial charge in [-0.3, -0.25) is 9.78 Å². The van der Waals surface area contributed by atoms with Crippen LogP contribution in [0.25, 0.3) is 6.08 Å². The van der Waals surface area contributed by atoms with Crippen molar-refractivity contribution in [3.05, 3.63) is 94.5 Å². The highest BCUT2D eigenvalue weighted by molar-refractivity contribution is 6.15. The Kier molecular flexibility index (Phi) is 4.49. The smallest absolute Gasteiger partial charge is 0.343 e. The van der Waals surface area contributed by atoms with Gasteiger partial charge < -0.3 is 9.47 Å². The molecule has 5 nitrogen and oxygen atoms in total. The Hall–Kier alpha value is -3.73. The lowest BCUT2D eigenvalue weighted by Gasteiger charge is -2.10. The van der Waals surface area contributed by atoms with Crippen molar-refractivity contribution in [2.75, 3.05) is 0 Å². The van der Waals surface area contributed by atoms with Gasteiger partial charge in [-0.25, -0.2) is 4.79 Å². The Morgan fingerprint density at radius 1 is 1.07 bits per heavy atom. The first-order chi connectivity index (χ1) is 13.5. The molecule has 0 aliphatic carbocycles. The Morgan fingerprint density at radius 2 is 1.86 bits per heavy atom. The van der Waals surface area contributed by atoms with E-state index in [0.29, 0.717) is 28.2 Å². The largest absolute Gasteiger partial charge is 0.452 e. The molecule has 4 rings (SSSR count). The van der Waals surface area contributed by atoms with E-state index in [9.17, 15) is 9.59 Å². The van der Waals surface area contributed by atoms with Crippen molar-refractivity contribution in [3.8, 4) is 11.5 Å². The molecule has 138 valence electrons. The molecule has 1 aliphatic rings. The summed E-state index contributed by atoms with van der Waals surface area (Å²) in [6, 6.07) is 14.0. The van der Waals surface area contributed by atoms with E-state index in [4.69, 9.17) is 9.47 Å². The average Bonchev–Trinajstić information content (AvgIpc) is 3.01. The molecule has 5 heteroatoms. The quantitative estimate of drug-likeness (QED) is 0.384. The number of carbonyl (C=O) groups excluding carboxylic acids is 2. The molecule has 1 aliphatic heterocycles. The Balaban J connectivity index is 1.62. The second kappa shape index (κ2) is 7.12. The fourth-order valence-corrected chi connectivity index (χ4v) is 3.02. The first-order valence-corrected chi connectivity index (χ1v) is 8.79. The number of allylic oxidation sites excluding steroid dienone is 1. The fourth-order valence-electron chi connectivity index (χ4n) is 3.02. The predicted molar refractivity (Wildman–Crippen MR) is 104 cm³/mol. The zero-order valence-corrected chi connectivity index (χ0v) is 15.4. The molecular formula is C23H17NO4. The average molecular weight is 371 g/mol. The molecule has 28 heavy (non-hydrogen) atoms. The highest BCUT2D eigenvalue weighted by Gasteiger charge is 2.30. The molecule has 0 atom stereocenters. The summed E-state index contributed by atoms with van der Waals surface area (Å²) in [5, 5.41) is 0. The van der Waals surface area contributed by atoms with Gasteiger partial charge in [0, 0.05) is 18.0 Å². The second-order valence-corrected chi connectivity index (χ2v) is 6.54. The lowest BCUT2D eigenvalue weighted by atomic mass is 10.1. The highest BCUT2D eigenvalue weighted by Crippen LogP contribution is 2.39. The van der Waals surface area contributed by atoms with Crippen molar-refractivity contribution in [1.29, 1.82) is 0 Å². The number of pyridine rings is 1. The SMILES string of the molecule is Cc1cccc(C(=O)Oc2ccc3c(c2C)O/C(=C\c2ccncc2)C3=O)c1. The van der Waals surface area contributed by atoms with Crippen LogP contribution in [0.15, 0.2) is 66.7 Å². The van der Waals surface area contributed by atoms with E-state index in [0.717, 1.165) is 11.1 Å². The van der Waals surface area contributed by atoms with Gasteiger partial charge in [-0.15, -0.1) is 0 Å². The second-order valence-electron chi connectivity index (χ2n) is 6.54. The highest BCUT2D eigenvalue weighted by atomic mass is 16.5. The first-order valence-electron chi connectivity index (χ1n) is 8.79. The molecule has 2 heterocycles. The van der Waals surface area contributed by atoms with Crippen LogP contribution in [0.1, 0.15) is 37.4 Å². The van der Waals surface area contributed by atoms with E-state index >= 15 is 0 Å². The summed E-state index contributed by atoms with van der Waals surface area (Å²) >= 11 is 0. The fraction of sp³-hybridized carbons (Fsp3) is 0.0870. The number of hydrogen-bond donors (Lipinski definition) is 0. The number of benzene rings is 2. The van der Waals surface area contributed by atoms with Crippen LogP contribution in [0.2, 0.25) is 0 Å². The number of ketones is 1. The normalized spacial score (nSPS) is 13.9. The number of ether oxygens (including phenoxy) is 2. The molecule has 0 bridgehead atoms. The summed E-state index contributed by atoms with van der Waals surface area (Å²) in [5.41, 5.74) is 3.31. The van der Waals surface area contributed by atoms with Crippen LogP contribution < -0.4 is 9.47 Å². The molecule has 0 saturated heterocycles. The lowest BCUT2D eigenvalue weighted by Crippen LogP contribution is -2.09. The molecule has 0 N–H and O–H groups in total. The van der Waals surface area contributed by atoms with Gasteiger partial charge >= 0.3 is 5.97 Å². The monoisotopic (exact) mass is 371 g/mol. The molecule has 0 saturated carbocycles. The van der Waals surface area contributed by atoms with E-state index in [2.05, 4.69) is 4.98 Å². The summed E-state index contributed by atoms with van der Waals surface area (Å²) in [6.07, 6.45) is 4.96. The minimum Gasteiger partial charge on any atom is -0.452 e. The van der Waals surface area contributed by atoms with Crippen LogP contribution >= 0.6 is 0 Å². The molecule has 3 aromatic rings. The molecule has 0 fully saturated rings. The third kappa shape index (κ3) is 3.30. The van der Waals surface area contributed by atoms with Gasteiger partial charge in [0.2, 0.25) is 5.78 Å². The minimum atomic E-state index is -0.455. The number of fused-ring (bicyclic) bond motifs is 1. The van der Waals surface area contributed by atoms with Crippen molar-refractivity contribution in [2.45, 2.75) is 13.8 Å². The molecular weight excluding hydrogens is 354 g/mol. The molecule has 0 spiro atoms. The molecule has 2 aromatic carbocycles. The number of carbonyl (C=O) groups is 2. The van der Waals surface area contributed by atoms with Crippen LogP contribution in [-0.4, -0.2) is 16.7 Å². The van der Waals surface area contributed by atoms with Gasteiger partial charge in [0.15, 0.2) is 5.76 Å². The van der Waals surface area contributed by atoms with Gasteiger partial charge in [-0.05, 0) is 61.9 Å². The maximum absolute atomic E-state index is 12.6. The number of rotatable bonds is 3. The number of aromatic nitrogens is 1. The number of hydrogen-bond acceptors (Lipinski definition) is 5. The number of esters is 1. The van der Waals surface area contributed by atoms with Crippen molar-refractivity contribution in [3.63, 3.8) is 0 Å². The van der Waals surface area contributed by atoms with Gasteiger partial charge in [-0.1, -0.05) is 17.7 Å². The predicted octanol–water partition coefficient (Wildman–Crippen LogP) is 4.53. The minimum absolute atomic E-state index is 0.202. The lowest BCUT2D eigenvalue weighted by molar-refractivity contribution is 0.0733. The Bertz CT molecular complexity index is 1120. The van der Waals surface area contributed by atoms with E-state index in [1.165, 1.54) is 0 Å². The van der Waals surface area contributed by atoms with E-state index in [-0.39, 0.29) is 11.5 Å². The summed E-state index contributed by atoms with van der Waals surface area (Å²) in [4.78, 5) is 29.0. The summed E-state index contributed by atoms with van der Waals surface area (Å²) < 4.78 is 11.3. The van der Waals surface area contributed by atoms with Crippen molar-refractivity contribution in [2.24, 2.45) is 0 Å². The third-order valence-corrected chi connectivity index (χ3v) is 4.50. The first kappa shape index (κ1) is 17.7. The Labute approximate surface area is 162 Å². The summed E-state index contributed by atoms with van der Waals surface area (Å²) in [5.74, 6) is 0.352. The number of aryl methyl sites for hydroxylation is 1. The van der Waals surface area contributed by atoms with Gasteiger partial charge in [0.05, 0.1) is 11.1 Å². The number of Topliss-reactive ketones (excluding diaryl/α,β-unsaturated/α-hetero) is 1. The molecule has 0 unspecified atom stereocenters. The van der Waals surface area contributed by atoms with Crippen LogP contribution in [-0.2, 0) is 0 Å².